The van der Waals surface area contributed by atoms with Gasteiger partial charge in [0.1, 0.15) is 0 Å². The van der Waals surface area contributed by atoms with Crippen LogP contribution in [-0.4, -0.2) is 22.8 Å². The number of alkyl halides is 3. The van der Waals surface area contributed by atoms with Gasteiger partial charge in [-0.2, -0.15) is 13.2 Å². The minimum absolute atomic E-state index is 0.00658. The summed E-state index contributed by atoms with van der Waals surface area (Å²) in [6.07, 6.45) is -5.19. The highest BCUT2D eigenvalue weighted by molar-refractivity contribution is 6.35. The van der Waals surface area contributed by atoms with Crippen LogP contribution in [-0.2, 0) is 4.79 Å². The Bertz CT molecular complexity index is 868. The first-order valence-electron chi connectivity index (χ1n) is 6.57. The molecule has 0 bridgehead atoms. The van der Waals surface area contributed by atoms with Crippen LogP contribution < -0.4 is 5.32 Å². The average molecular weight is 373 g/mol. The fourth-order valence-corrected chi connectivity index (χ4v) is 2.15. The van der Waals surface area contributed by atoms with Gasteiger partial charge in [0.25, 0.3) is 5.69 Å². The summed E-state index contributed by atoms with van der Waals surface area (Å²) in [4.78, 5) is 33.7. The van der Waals surface area contributed by atoms with Gasteiger partial charge in [0, 0.05) is 17.7 Å². The smallest absolute Gasteiger partial charge is 0.318 e. The zero-order chi connectivity index (χ0) is 18.8. The molecule has 6 nitrogen and oxygen atoms in total. The van der Waals surface area contributed by atoms with Crippen molar-refractivity contribution in [3.8, 4) is 0 Å². The summed E-state index contributed by atoms with van der Waals surface area (Å²) in [5.74, 6) is -3.18. The number of hydrogen-bond acceptors (Lipinski definition) is 4. The molecule has 0 saturated heterocycles. The zero-order valence-corrected chi connectivity index (χ0v) is 12.9. The van der Waals surface area contributed by atoms with E-state index in [0.29, 0.717) is 0 Å². The second kappa shape index (κ2) is 6.89. The van der Waals surface area contributed by atoms with Gasteiger partial charge >= 0.3 is 12.1 Å². The van der Waals surface area contributed by atoms with Gasteiger partial charge in [-0.05, 0) is 18.2 Å². The van der Waals surface area contributed by atoms with E-state index in [1.807, 2.05) is 0 Å². The predicted octanol–water partition coefficient (Wildman–Crippen LogP) is 3.98. The highest BCUT2D eigenvalue weighted by Crippen LogP contribution is 2.28. The van der Waals surface area contributed by atoms with Crippen LogP contribution >= 0.6 is 11.6 Å². The van der Waals surface area contributed by atoms with Crippen molar-refractivity contribution in [3.63, 3.8) is 0 Å². The van der Waals surface area contributed by atoms with E-state index in [1.54, 1.807) is 0 Å². The van der Waals surface area contributed by atoms with Crippen LogP contribution in [0, 0.1) is 10.1 Å². The van der Waals surface area contributed by atoms with Crippen LogP contribution in [0.3, 0.4) is 0 Å². The maximum absolute atomic E-state index is 12.6. The maximum atomic E-state index is 12.6. The van der Waals surface area contributed by atoms with Crippen LogP contribution in [0.25, 0.3) is 0 Å². The number of benzene rings is 2. The first-order valence-corrected chi connectivity index (χ1v) is 6.95. The molecule has 2 aromatic rings. The van der Waals surface area contributed by atoms with Crippen molar-refractivity contribution < 1.29 is 27.7 Å². The summed E-state index contributed by atoms with van der Waals surface area (Å²) in [5, 5.41) is 12.4. The molecular weight excluding hydrogens is 365 g/mol. The van der Waals surface area contributed by atoms with E-state index in [9.17, 15) is 32.9 Å². The quantitative estimate of drug-likeness (QED) is 0.499. The van der Waals surface area contributed by atoms with E-state index in [1.165, 1.54) is 29.6 Å². The molecule has 130 valence electrons. The number of carbonyl (C=O) groups excluding carboxylic acids is 2. The standard InChI is InChI=1S/C15H8ClF3N2O4/c16-11-4-2-1-3-9(11)13(22)10-7-8(21(24)25)5-6-12(10)20-14(23)15(17,18)19/h1-7H,(H,20,23). The average Bonchev–Trinajstić information content (AvgIpc) is 2.54. The molecule has 0 unspecified atom stereocenters. The van der Waals surface area contributed by atoms with Crippen molar-refractivity contribution in [2.75, 3.05) is 5.32 Å². The molecule has 0 radical (unpaired) electrons. The Morgan fingerprint density at radius 3 is 2.28 bits per heavy atom. The Morgan fingerprint density at radius 2 is 1.72 bits per heavy atom. The fourth-order valence-electron chi connectivity index (χ4n) is 1.93. The van der Waals surface area contributed by atoms with Crippen molar-refractivity contribution in [3.05, 3.63) is 68.7 Å². The van der Waals surface area contributed by atoms with E-state index in [0.717, 1.165) is 18.2 Å². The monoisotopic (exact) mass is 372 g/mol. The van der Waals surface area contributed by atoms with E-state index in [-0.39, 0.29) is 10.6 Å². The van der Waals surface area contributed by atoms with E-state index >= 15 is 0 Å². The van der Waals surface area contributed by atoms with Crippen molar-refractivity contribution in [1.29, 1.82) is 0 Å². The summed E-state index contributed by atoms with van der Waals surface area (Å²) in [5.41, 5.74) is -1.61. The molecule has 25 heavy (non-hydrogen) atoms. The van der Waals surface area contributed by atoms with Gasteiger partial charge < -0.3 is 5.32 Å². The third-order valence-electron chi connectivity index (χ3n) is 3.08. The van der Waals surface area contributed by atoms with Crippen LogP contribution in [0.5, 0.6) is 0 Å². The number of nitrogens with zero attached hydrogens (tertiary/aromatic N) is 1. The number of rotatable bonds is 4. The Balaban J connectivity index is 2.55. The van der Waals surface area contributed by atoms with Gasteiger partial charge in [-0.25, -0.2) is 0 Å². The lowest BCUT2D eigenvalue weighted by Crippen LogP contribution is -2.30. The van der Waals surface area contributed by atoms with Gasteiger partial charge in [0.2, 0.25) is 0 Å². The van der Waals surface area contributed by atoms with E-state index in [2.05, 4.69) is 0 Å². The SMILES string of the molecule is O=C(c1ccccc1Cl)c1cc([N+](=O)[O-])ccc1NC(=O)C(F)(F)F. The van der Waals surface area contributed by atoms with Crippen molar-refractivity contribution >= 4 is 34.7 Å². The molecule has 10 heteroatoms. The fraction of sp³-hybridized carbons (Fsp3) is 0.0667. The number of hydrogen-bond donors (Lipinski definition) is 1. The number of nitro groups is 1. The minimum atomic E-state index is -5.19. The van der Waals surface area contributed by atoms with Crippen molar-refractivity contribution in [1.82, 2.24) is 0 Å². The maximum Gasteiger partial charge on any atom is 0.471 e. The van der Waals surface area contributed by atoms with Crippen LogP contribution in [0.15, 0.2) is 42.5 Å². The molecule has 0 saturated carbocycles. The van der Waals surface area contributed by atoms with Crippen molar-refractivity contribution in [2.45, 2.75) is 6.18 Å². The Labute approximate surface area is 143 Å². The molecule has 2 aromatic carbocycles. The Hall–Kier alpha value is -2.94. The first kappa shape index (κ1) is 18.4. The molecule has 0 aromatic heterocycles. The number of ketones is 1. The molecule has 0 aliphatic rings. The summed E-state index contributed by atoms with van der Waals surface area (Å²) >= 11 is 5.88. The summed E-state index contributed by atoms with van der Waals surface area (Å²) < 4.78 is 37.3. The lowest BCUT2D eigenvalue weighted by atomic mass is 10.0. The summed E-state index contributed by atoms with van der Waals surface area (Å²) in [6.45, 7) is 0. The topological polar surface area (TPSA) is 89.3 Å². The molecule has 1 N–H and O–H groups in total. The second-order valence-corrected chi connectivity index (χ2v) is 5.16. The molecule has 0 spiro atoms. The number of anilines is 1. The summed E-state index contributed by atoms with van der Waals surface area (Å²) in [6, 6.07) is 8.17. The van der Waals surface area contributed by atoms with Gasteiger partial charge in [0.05, 0.1) is 21.2 Å². The van der Waals surface area contributed by atoms with Gasteiger partial charge in [-0.15, -0.1) is 0 Å². The van der Waals surface area contributed by atoms with Crippen molar-refractivity contribution in [2.24, 2.45) is 0 Å². The predicted molar refractivity (Wildman–Crippen MR) is 82.7 cm³/mol. The Kier molecular flexibility index (Phi) is 5.07. The molecular formula is C15H8ClF3N2O4. The number of non-ortho nitro benzene ring substituents is 1. The first-order chi connectivity index (χ1) is 11.6. The molecule has 2 rings (SSSR count). The van der Waals surface area contributed by atoms with E-state index < -0.39 is 39.7 Å². The van der Waals surface area contributed by atoms with Gasteiger partial charge in [-0.3, -0.25) is 19.7 Å². The van der Waals surface area contributed by atoms with Crippen LogP contribution in [0.2, 0.25) is 5.02 Å². The van der Waals surface area contributed by atoms with Crippen LogP contribution in [0.4, 0.5) is 24.5 Å². The molecule has 0 fully saturated rings. The third kappa shape index (κ3) is 4.13. The normalized spacial score (nSPS) is 11.0. The highest BCUT2D eigenvalue weighted by Gasteiger charge is 2.39. The third-order valence-corrected chi connectivity index (χ3v) is 3.41. The number of carbonyl (C=O) groups is 2. The van der Waals surface area contributed by atoms with E-state index in [4.69, 9.17) is 11.6 Å². The number of halogens is 4. The molecule has 0 aliphatic heterocycles. The molecule has 0 atom stereocenters. The summed E-state index contributed by atoms with van der Waals surface area (Å²) in [7, 11) is 0. The zero-order valence-electron chi connectivity index (χ0n) is 12.1. The molecule has 1 amide bonds. The largest absolute Gasteiger partial charge is 0.471 e. The van der Waals surface area contributed by atoms with Gasteiger partial charge in [0.15, 0.2) is 5.78 Å². The molecule has 0 aliphatic carbocycles. The highest BCUT2D eigenvalue weighted by atomic mass is 35.5. The Morgan fingerprint density at radius 1 is 1.08 bits per heavy atom. The molecule has 0 heterocycles. The van der Waals surface area contributed by atoms with Gasteiger partial charge in [-0.1, -0.05) is 23.7 Å². The lowest BCUT2D eigenvalue weighted by Gasteiger charge is -2.12. The number of nitrogens with one attached hydrogen (secondary N) is 1. The number of amides is 1. The van der Waals surface area contributed by atoms with Crippen LogP contribution in [0.1, 0.15) is 15.9 Å². The second-order valence-electron chi connectivity index (χ2n) is 4.75. The minimum Gasteiger partial charge on any atom is -0.318 e. The number of nitro benzene ring substituents is 1. The lowest BCUT2D eigenvalue weighted by molar-refractivity contribution is -0.384.